The molecule has 0 aromatic carbocycles. The third-order valence-electron chi connectivity index (χ3n) is 6.01. The first-order valence-corrected chi connectivity index (χ1v) is 7.26. The minimum atomic E-state index is 0. The van der Waals surface area contributed by atoms with Gasteiger partial charge in [0.25, 0.3) is 0 Å². The predicted molar refractivity (Wildman–Crippen MR) is 75.0 cm³/mol. The van der Waals surface area contributed by atoms with Gasteiger partial charge in [-0.25, -0.2) is 0 Å². The Balaban J connectivity index is 0.000000295. The Hall–Kier alpha value is 2.21. The number of fused-ring (bicyclic) bond motifs is 2. The van der Waals surface area contributed by atoms with Gasteiger partial charge in [0.1, 0.15) is 0 Å². The molecule has 106 valence electrons. The Morgan fingerprint density at radius 2 is 1.05 bits per heavy atom. The minimum Gasteiger partial charge on any atom is -0.358 e. The first kappa shape index (κ1) is 21.2. The van der Waals surface area contributed by atoms with Crippen LogP contribution >= 0.6 is 0 Å². The zero-order chi connectivity index (χ0) is 11.4. The van der Waals surface area contributed by atoms with Crippen LogP contribution in [0.1, 0.15) is 53.4 Å². The number of hydrogen-bond acceptors (Lipinski definition) is 0. The van der Waals surface area contributed by atoms with Gasteiger partial charge < -0.3 is 19.3 Å². The Bertz CT molecular complexity index is 246. The van der Waals surface area contributed by atoms with Gasteiger partial charge in [-0.05, 0) is 0 Å². The molecule has 6 atom stereocenters. The van der Waals surface area contributed by atoms with E-state index in [2.05, 4.69) is 27.7 Å². The largest absolute Gasteiger partial charge is 0.358 e. The molecular weight excluding hydrogens is 382 g/mol. The molecule has 0 bridgehead atoms. The zero-order valence-corrected chi connectivity index (χ0v) is 19.1. The molecule has 0 N–H and O–H groups in total. The van der Waals surface area contributed by atoms with Crippen molar-refractivity contribution in [3.05, 3.63) is 19.3 Å². The van der Waals surface area contributed by atoms with E-state index in [1.54, 1.807) is 11.8 Å². The van der Waals surface area contributed by atoms with E-state index in [9.17, 15) is 0 Å². The summed E-state index contributed by atoms with van der Waals surface area (Å²) >= 11 is 0. The van der Waals surface area contributed by atoms with Crippen molar-refractivity contribution < 1.29 is 65.4 Å². The first-order valence-electron chi connectivity index (χ1n) is 7.26. The van der Waals surface area contributed by atoms with Crippen LogP contribution in [-0.4, -0.2) is 0 Å². The fraction of sp³-hybridized carbons (Fsp3) is 0.824. The topological polar surface area (TPSA) is 0 Å². The molecule has 2 heteroatoms. The first-order chi connectivity index (χ1) is 7.61. The van der Waals surface area contributed by atoms with Crippen molar-refractivity contribution in [2.75, 3.05) is 0 Å². The van der Waals surface area contributed by atoms with Crippen LogP contribution in [0.15, 0.2) is 0 Å². The smallest absolute Gasteiger partial charge is 0 e. The van der Waals surface area contributed by atoms with Gasteiger partial charge in [-0.1, -0.05) is 50.4 Å². The molecular formula is C17H29Y2-3. The van der Waals surface area contributed by atoms with Crippen LogP contribution in [0.25, 0.3) is 0 Å². The molecule has 19 heavy (non-hydrogen) atoms. The van der Waals surface area contributed by atoms with Crippen LogP contribution < -0.4 is 0 Å². The quantitative estimate of drug-likeness (QED) is 0.495. The summed E-state index contributed by atoms with van der Waals surface area (Å²) in [6.07, 6.45) is 5.86. The second kappa shape index (κ2) is 8.17. The summed E-state index contributed by atoms with van der Waals surface area (Å²) in [4.78, 5) is 0. The van der Waals surface area contributed by atoms with E-state index in [0.717, 1.165) is 35.5 Å². The molecule has 2 radical (unpaired) electrons. The van der Waals surface area contributed by atoms with Gasteiger partial charge in [-0.15, -0.1) is 0 Å². The van der Waals surface area contributed by atoms with Gasteiger partial charge in [-0.2, -0.15) is 38.5 Å². The van der Waals surface area contributed by atoms with E-state index in [4.69, 9.17) is 0 Å². The van der Waals surface area contributed by atoms with E-state index < -0.39 is 0 Å². The van der Waals surface area contributed by atoms with E-state index in [1.165, 1.54) is 25.7 Å². The fourth-order valence-corrected chi connectivity index (χ4v) is 4.73. The van der Waals surface area contributed by atoms with Crippen molar-refractivity contribution >= 4 is 0 Å². The molecule has 4 rings (SSSR count). The van der Waals surface area contributed by atoms with Crippen LogP contribution in [0.4, 0.5) is 0 Å². The summed E-state index contributed by atoms with van der Waals surface area (Å²) in [5.74, 6) is 10.0. The van der Waals surface area contributed by atoms with Gasteiger partial charge in [0.15, 0.2) is 0 Å². The van der Waals surface area contributed by atoms with Crippen LogP contribution in [0, 0.1) is 54.8 Å². The summed E-state index contributed by atoms with van der Waals surface area (Å²) in [5.41, 5.74) is 0. The molecule has 4 aliphatic carbocycles. The zero-order valence-electron chi connectivity index (χ0n) is 13.4. The van der Waals surface area contributed by atoms with Crippen molar-refractivity contribution in [1.82, 2.24) is 0 Å². The van der Waals surface area contributed by atoms with Crippen molar-refractivity contribution in [3.8, 4) is 0 Å². The van der Waals surface area contributed by atoms with E-state index in [0.29, 0.717) is 0 Å². The third kappa shape index (κ3) is 4.14. The van der Waals surface area contributed by atoms with E-state index >= 15 is 0 Å². The van der Waals surface area contributed by atoms with Gasteiger partial charge >= 0.3 is 0 Å². The molecule has 0 aromatic heterocycles. The summed E-state index contributed by atoms with van der Waals surface area (Å²) in [6, 6.07) is 0. The molecule has 0 heterocycles. The molecule has 0 spiro atoms. The molecule has 4 fully saturated rings. The predicted octanol–water partition coefficient (Wildman–Crippen LogP) is 4.96. The molecule has 0 aliphatic heterocycles. The molecule has 0 saturated heterocycles. The number of hydrogen-bond donors (Lipinski definition) is 0. The van der Waals surface area contributed by atoms with Crippen LogP contribution in [0.2, 0.25) is 0 Å². The Labute approximate surface area is 171 Å². The van der Waals surface area contributed by atoms with Crippen LogP contribution in [0.3, 0.4) is 0 Å². The SMILES string of the molecule is C[C-]1CCC2C(C)C12.C[C-]1CCC2C(C)C12.[CH3-].[Y].[Y]. The van der Waals surface area contributed by atoms with Gasteiger partial charge in [0, 0.05) is 65.4 Å². The molecule has 0 aromatic rings. The van der Waals surface area contributed by atoms with Crippen LogP contribution in [-0.2, 0) is 65.4 Å². The number of rotatable bonds is 0. The summed E-state index contributed by atoms with van der Waals surface area (Å²) < 4.78 is 0. The van der Waals surface area contributed by atoms with Gasteiger partial charge in [-0.3, -0.25) is 0 Å². The van der Waals surface area contributed by atoms with Crippen LogP contribution in [0.5, 0.6) is 0 Å². The average molecular weight is 411 g/mol. The minimum absolute atomic E-state index is 0. The van der Waals surface area contributed by atoms with Crippen molar-refractivity contribution in [1.29, 1.82) is 0 Å². The Morgan fingerprint density at radius 3 is 1.16 bits per heavy atom. The maximum atomic E-state index is 2.39. The maximum Gasteiger partial charge on any atom is 0 e. The third-order valence-corrected chi connectivity index (χ3v) is 6.01. The van der Waals surface area contributed by atoms with E-state index in [-0.39, 0.29) is 72.8 Å². The Kier molecular flexibility index (Phi) is 9.12. The van der Waals surface area contributed by atoms with Crippen molar-refractivity contribution in [3.63, 3.8) is 0 Å². The fourth-order valence-electron chi connectivity index (χ4n) is 4.73. The summed E-state index contributed by atoms with van der Waals surface area (Å²) in [7, 11) is 0. The summed E-state index contributed by atoms with van der Waals surface area (Å²) in [6.45, 7) is 9.43. The maximum absolute atomic E-state index is 2.39. The molecule has 6 unspecified atom stereocenters. The van der Waals surface area contributed by atoms with E-state index in [1.807, 2.05) is 0 Å². The summed E-state index contributed by atoms with van der Waals surface area (Å²) in [5, 5.41) is 0. The average Bonchev–Trinajstić information content (AvgIpc) is 2.90. The normalized spacial score (nSPS) is 45.5. The van der Waals surface area contributed by atoms with Gasteiger partial charge in [0.2, 0.25) is 0 Å². The molecule has 4 aliphatic rings. The molecule has 0 amide bonds. The van der Waals surface area contributed by atoms with Gasteiger partial charge in [0.05, 0.1) is 0 Å². The second-order valence-corrected chi connectivity index (χ2v) is 6.87. The molecule has 4 saturated carbocycles. The van der Waals surface area contributed by atoms with Crippen molar-refractivity contribution in [2.45, 2.75) is 53.4 Å². The molecule has 0 nitrogen and oxygen atoms in total. The Morgan fingerprint density at radius 1 is 0.737 bits per heavy atom. The second-order valence-electron chi connectivity index (χ2n) is 6.87. The standard InChI is InChI=1S/2C8H13.CH3.2Y/c2*1-5-3-4-7-6(2)8(5)7;;;/h2*6-8H,3-4H2,1-2H3;1H3;;/q3*-1;;. The monoisotopic (exact) mass is 411 g/mol. The van der Waals surface area contributed by atoms with Crippen molar-refractivity contribution in [2.24, 2.45) is 35.5 Å².